The number of nitro groups is 1. The predicted molar refractivity (Wildman–Crippen MR) is 83.3 cm³/mol. The van der Waals surface area contributed by atoms with Gasteiger partial charge in [-0.1, -0.05) is 19.1 Å². The number of sulfone groups is 1. The molecule has 0 aliphatic heterocycles. The summed E-state index contributed by atoms with van der Waals surface area (Å²) in [6, 6.07) is 7.96. The number of hydrogen-bond acceptors (Lipinski definition) is 6. The van der Waals surface area contributed by atoms with Crippen LogP contribution >= 0.6 is 0 Å². The maximum atomic E-state index is 12.4. The van der Waals surface area contributed by atoms with Crippen LogP contribution < -0.4 is 0 Å². The lowest BCUT2D eigenvalue weighted by molar-refractivity contribution is -0.385. The van der Waals surface area contributed by atoms with Gasteiger partial charge in [0.05, 0.1) is 15.7 Å². The van der Waals surface area contributed by atoms with Crippen LogP contribution in [-0.4, -0.2) is 29.4 Å². The zero-order valence-corrected chi connectivity index (χ0v) is 13.4. The Labute approximate surface area is 137 Å². The van der Waals surface area contributed by atoms with E-state index in [0.717, 1.165) is 18.3 Å². The quantitative estimate of drug-likeness (QED) is 0.624. The highest BCUT2D eigenvalue weighted by atomic mass is 32.2. The Balaban J connectivity index is 2.26. The van der Waals surface area contributed by atoms with E-state index in [4.69, 9.17) is 5.11 Å². The third-order valence-electron chi connectivity index (χ3n) is 3.40. The molecule has 0 saturated carbocycles. The number of aliphatic carboxylic acids is 1. The van der Waals surface area contributed by atoms with E-state index in [-0.39, 0.29) is 22.0 Å². The molecule has 1 heterocycles. The summed E-state index contributed by atoms with van der Waals surface area (Å²) in [5, 5.41) is 19.2. The molecule has 1 N–H and O–H groups in total. The minimum Gasteiger partial charge on any atom is -0.481 e. The summed E-state index contributed by atoms with van der Waals surface area (Å²) < 4.78 is 24.9. The van der Waals surface area contributed by atoms with Crippen molar-refractivity contribution in [2.24, 2.45) is 5.92 Å². The number of carboxylic acid groups (broad SMARTS) is 1. The summed E-state index contributed by atoms with van der Waals surface area (Å²) in [6.07, 6.45) is 1.17. The van der Waals surface area contributed by atoms with Gasteiger partial charge < -0.3 is 5.11 Å². The predicted octanol–water partition coefficient (Wildman–Crippen LogP) is 2.09. The number of benzene rings is 1. The Kier molecular flexibility index (Phi) is 4.93. The first-order chi connectivity index (χ1) is 11.2. The second kappa shape index (κ2) is 6.75. The third kappa shape index (κ3) is 3.74. The van der Waals surface area contributed by atoms with Crippen LogP contribution in [0.4, 0.5) is 5.69 Å². The molecule has 0 spiro atoms. The van der Waals surface area contributed by atoms with Crippen molar-refractivity contribution in [3.05, 3.63) is 58.3 Å². The van der Waals surface area contributed by atoms with E-state index in [1.807, 2.05) is 0 Å². The second-order valence-electron chi connectivity index (χ2n) is 5.20. The van der Waals surface area contributed by atoms with Crippen LogP contribution in [0.25, 0.3) is 0 Å². The molecule has 0 bridgehead atoms. The minimum absolute atomic E-state index is 0.0180. The van der Waals surface area contributed by atoms with E-state index < -0.39 is 26.6 Å². The molecule has 1 aromatic heterocycles. The molecule has 1 unspecified atom stereocenters. The second-order valence-corrected chi connectivity index (χ2v) is 7.10. The molecular formula is C15H14N2O6S. The maximum absolute atomic E-state index is 12.4. The summed E-state index contributed by atoms with van der Waals surface area (Å²) in [4.78, 5) is 24.4. The zero-order valence-electron chi connectivity index (χ0n) is 12.6. The van der Waals surface area contributed by atoms with Gasteiger partial charge in [-0.3, -0.25) is 14.9 Å². The Morgan fingerprint density at radius 1 is 1.25 bits per heavy atom. The molecule has 2 rings (SSSR count). The van der Waals surface area contributed by atoms with Gasteiger partial charge in [0.15, 0.2) is 5.03 Å². The molecule has 0 saturated heterocycles. The molecule has 24 heavy (non-hydrogen) atoms. The molecule has 0 fully saturated rings. The normalized spacial score (nSPS) is 12.5. The number of pyridine rings is 1. The number of nitrogens with zero attached hydrogens (tertiary/aromatic N) is 2. The lowest BCUT2D eigenvalue weighted by atomic mass is 10.0. The van der Waals surface area contributed by atoms with Gasteiger partial charge >= 0.3 is 5.97 Å². The van der Waals surface area contributed by atoms with Crippen molar-refractivity contribution in [2.75, 3.05) is 0 Å². The van der Waals surface area contributed by atoms with Crippen LogP contribution in [0.5, 0.6) is 0 Å². The zero-order chi connectivity index (χ0) is 17.9. The van der Waals surface area contributed by atoms with Gasteiger partial charge in [0.1, 0.15) is 6.20 Å². The first-order valence-electron chi connectivity index (χ1n) is 6.89. The Hall–Kier alpha value is -2.81. The molecule has 126 valence electrons. The fourth-order valence-corrected chi connectivity index (χ4v) is 3.18. The van der Waals surface area contributed by atoms with Crippen LogP contribution in [0.2, 0.25) is 0 Å². The van der Waals surface area contributed by atoms with Crippen LogP contribution in [-0.2, 0) is 21.1 Å². The number of rotatable bonds is 6. The highest BCUT2D eigenvalue weighted by Crippen LogP contribution is 2.22. The summed E-state index contributed by atoms with van der Waals surface area (Å²) in [5.74, 6) is -1.51. The van der Waals surface area contributed by atoms with E-state index in [9.17, 15) is 23.3 Å². The monoisotopic (exact) mass is 350 g/mol. The van der Waals surface area contributed by atoms with Gasteiger partial charge in [0.25, 0.3) is 5.69 Å². The molecule has 0 aliphatic carbocycles. The smallest absolute Gasteiger partial charge is 0.306 e. The van der Waals surface area contributed by atoms with Crippen LogP contribution in [0.1, 0.15) is 12.5 Å². The number of carboxylic acids is 1. The van der Waals surface area contributed by atoms with Crippen molar-refractivity contribution in [2.45, 2.75) is 23.3 Å². The first-order valence-corrected chi connectivity index (χ1v) is 8.37. The lowest BCUT2D eigenvalue weighted by Crippen LogP contribution is -2.12. The topological polar surface area (TPSA) is 127 Å². The average molecular weight is 350 g/mol. The molecule has 0 radical (unpaired) electrons. The van der Waals surface area contributed by atoms with Crippen molar-refractivity contribution < 1.29 is 23.2 Å². The summed E-state index contributed by atoms with van der Waals surface area (Å²) >= 11 is 0. The van der Waals surface area contributed by atoms with Crippen molar-refractivity contribution in [1.82, 2.24) is 4.98 Å². The Morgan fingerprint density at radius 3 is 2.33 bits per heavy atom. The lowest BCUT2D eigenvalue weighted by Gasteiger charge is -2.08. The maximum Gasteiger partial charge on any atom is 0.306 e. The molecule has 0 aliphatic rings. The number of aromatic nitrogens is 1. The van der Waals surface area contributed by atoms with Gasteiger partial charge in [-0.2, -0.15) is 0 Å². The van der Waals surface area contributed by atoms with E-state index in [1.54, 1.807) is 6.92 Å². The summed E-state index contributed by atoms with van der Waals surface area (Å²) in [5.41, 5.74) is 0.396. The average Bonchev–Trinajstić information content (AvgIpc) is 2.55. The van der Waals surface area contributed by atoms with E-state index in [1.165, 1.54) is 24.3 Å². The molecule has 2 aromatic rings. The van der Waals surface area contributed by atoms with Gasteiger partial charge in [-0.15, -0.1) is 0 Å². The number of carbonyl (C=O) groups is 1. The standard InChI is InChI=1S/C15H14N2O6S/c1-10(15(18)19)8-11-2-5-13(6-3-11)24(22,23)14-7-4-12(9-16-14)17(20)21/h2-7,9-10H,8H2,1H3,(H,18,19). The van der Waals surface area contributed by atoms with Crippen LogP contribution in [0.15, 0.2) is 52.5 Å². The Morgan fingerprint density at radius 2 is 1.88 bits per heavy atom. The van der Waals surface area contributed by atoms with Gasteiger partial charge in [0, 0.05) is 6.07 Å². The minimum atomic E-state index is -3.89. The molecule has 8 nitrogen and oxygen atoms in total. The van der Waals surface area contributed by atoms with Crippen molar-refractivity contribution >= 4 is 21.5 Å². The molecule has 1 aromatic carbocycles. The molecule has 1 atom stereocenters. The third-order valence-corrected chi connectivity index (χ3v) is 5.09. The van der Waals surface area contributed by atoms with E-state index in [2.05, 4.69) is 4.98 Å². The first kappa shape index (κ1) is 17.5. The summed E-state index contributed by atoms with van der Waals surface area (Å²) in [6.45, 7) is 1.56. The van der Waals surface area contributed by atoms with Crippen molar-refractivity contribution in [1.29, 1.82) is 0 Å². The van der Waals surface area contributed by atoms with E-state index >= 15 is 0 Å². The van der Waals surface area contributed by atoms with Gasteiger partial charge in [-0.25, -0.2) is 13.4 Å². The van der Waals surface area contributed by atoms with Crippen molar-refractivity contribution in [3.63, 3.8) is 0 Å². The van der Waals surface area contributed by atoms with Gasteiger partial charge in [-0.05, 0) is 30.2 Å². The van der Waals surface area contributed by atoms with Crippen molar-refractivity contribution in [3.8, 4) is 0 Å². The highest BCUT2D eigenvalue weighted by molar-refractivity contribution is 7.91. The summed E-state index contributed by atoms with van der Waals surface area (Å²) in [7, 11) is -3.89. The molecule has 0 amide bonds. The van der Waals surface area contributed by atoms with Gasteiger partial charge in [0.2, 0.25) is 9.84 Å². The number of hydrogen-bond donors (Lipinski definition) is 1. The highest BCUT2D eigenvalue weighted by Gasteiger charge is 2.21. The largest absolute Gasteiger partial charge is 0.481 e. The fourth-order valence-electron chi connectivity index (χ4n) is 2.01. The Bertz CT molecular complexity index is 860. The fraction of sp³-hybridized carbons (Fsp3) is 0.200. The molecule has 9 heteroatoms. The molecular weight excluding hydrogens is 336 g/mol. The SMILES string of the molecule is CC(Cc1ccc(S(=O)(=O)c2ccc([N+](=O)[O-])cn2)cc1)C(=O)O. The van der Waals surface area contributed by atoms with Crippen LogP contribution in [0, 0.1) is 16.0 Å². The van der Waals surface area contributed by atoms with Crippen LogP contribution in [0.3, 0.4) is 0 Å². The van der Waals surface area contributed by atoms with E-state index in [0.29, 0.717) is 5.56 Å².